The molecule has 0 aliphatic carbocycles. The van der Waals surface area contributed by atoms with Crippen molar-refractivity contribution >= 4 is 40.5 Å². The molecule has 2 aromatic rings. The zero-order chi connectivity index (χ0) is 14.5. The number of rotatable bonds is 5. The van der Waals surface area contributed by atoms with E-state index in [9.17, 15) is 0 Å². The summed E-state index contributed by atoms with van der Waals surface area (Å²) in [6, 6.07) is 11.1. The number of hydrogen-bond donors (Lipinski definition) is 1. The van der Waals surface area contributed by atoms with Gasteiger partial charge in [0.15, 0.2) is 0 Å². The van der Waals surface area contributed by atoms with Crippen LogP contribution in [0.15, 0.2) is 36.4 Å². The van der Waals surface area contributed by atoms with Crippen LogP contribution in [0.2, 0.25) is 15.1 Å². The van der Waals surface area contributed by atoms with E-state index in [0.717, 1.165) is 17.0 Å². The maximum absolute atomic E-state index is 6.16. The van der Waals surface area contributed by atoms with Crippen molar-refractivity contribution in [3.8, 4) is 5.75 Å². The number of anilines is 1. The van der Waals surface area contributed by atoms with Gasteiger partial charge in [-0.05, 0) is 31.2 Å². The zero-order valence-corrected chi connectivity index (χ0v) is 13.2. The number of hydrogen-bond acceptors (Lipinski definition) is 2. The van der Waals surface area contributed by atoms with Crippen molar-refractivity contribution in [1.82, 2.24) is 0 Å². The minimum atomic E-state index is 0.479. The van der Waals surface area contributed by atoms with E-state index in [1.54, 1.807) is 12.1 Å². The van der Waals surface area contributed by atoms with Gasteiger partial charge in [0.1, 0.15) is 5.75 Å². The minimum Gasteiger partial charge on any atom is -0.494 e. The molecule has 5 heteroatoms. The van der Waals surface area contributed by atoms with E-state index < -0.39 is 0 Å². The summed E-state index contributed by atoms with van der Waals surface area (Å²) in [5.41, 5.74) is 1.71. The van der Waals surface area contributed by atoms with Crippen LogP contribution in [-0.4, -0.2) is 6.61 Å². The van der Waals surface area contributed by atoms with Gasteiger partial charge in [-0.2, -0.15) is 0 Å². The molecule has 0 amide bonds. The Kier molecular flexibility index (Phi) is 5.41. The van der Waals surface area contributed by atoms with Gasteiger partial charge in [0.05, 0.1) is 16.7 Å². The Hall–Kier alpha value is -1.09. The molecule has 20 heavy (non-hydrogen) atoms. The van der Waals surface area contributed by atoms with E-state index in [2.05, 4.69) is 5.32 Å². The van der Waals surface area contributed by atoms with E-state index in [1.165, 1.54) is 0 Å². The van der Waals surface area contributed by atoms with Gasteiger partial charge in [-0.25, -0.2) is 0 Å². The molecule has 0 saturated heterocycles. The first-order valence-electron chi connectivity index (χ1n) is 6.21. The predicted octanol–water partition coefficient (Wildman–Crippen LogP) is 5.66. The summed E-state index contributed by atoms with van der Waals surface area (Å²) < 4.78 is 5.45. The number of ether oxygens (including phenoxy) is 1. The second kappa shape index (κ2) is 7.07. The summed E-state index contributed by atoms with van der Waals surface area (Å²) in [5, 5.41) is 4.83. The van der Waals surface area contributed by atoms with Crippen molar-refractivity contribution in [3.63, 3.8) is 0 Å². The molecule has 0 aliphatic rings. The first-order chi connectivity index (χ1) is 9.61. The van der Waals surface area contributed by atoms with E-state index >= 15 is 0 Å². The summed E-state index contributed by atoms with van der Waals surface area (Å²) in [6.07, 6.45) is 0. The molecule has 2 rings (SSSR count). The van der Waals surface area contributed by atoms with Crippen LogP contribution < -0.4 is 10.1 Å². The molecule has 0 bridgehead atoms. The summed E-state index contributed by atoms with van der Waals surface area (Å²) in [6.45, 7) is 3.08. The van der Waals surface area contributed by atoms with Crippen molar-refractivity contribution in [2.24, 2.45) is 0 Å². The smallest absolute Gasteiger partial charge is 0.121 e. The molecule has 1 N–H and O–H groups in total. The Bertz CT molecular complexity index is 602. The van der Waals surface area contributed by atoms with Crippen LogP contribution in [0.1, 0.15) is 12.5 Å². The lowest BCUT2D eigenvalue weighted by molar-refractivity contribution is 0.340. The number of benzene rings is 2. The molecule has 0 unspecified atom stereocenters. The Labute approximate surface area is 133 Å². The van der Waals surface area contributed by atoms with Crippen LogP contribution in [0.5, 0.6) is 5.75 Å². The van der Waals surface area contributed by atoms with Crippen LogP contribution in [0, 0.1) is 0 Å². The third-order valence-corrected chi connectivity index (χ3v) is 3.95. The van der Waals surface area contributed by atoms with Gasteiger partial charge in [0.25, 0.3) is 0 Å². The second-order valence-corrected chi connectivity index (χ2v) is 5.33. The van der Waals surface area contributed by atoms with Crippen molar-refractivity contribution in [2.45, 2.75) is 13.5 Å². The molecule has 0 saturated carbocycles. The van der Waals surface area contributed by atoms with Crippen LogP contribution in [0.3, 0.4) is 0 Å². The second-order valence-electron chi connectivity index (χ2n) is 4.14. The maximum atomic E-state index is 6.16. The third kappa shape index (κ3) is 3.72. The molecule has 106 valence electrons. The van der Waals surface area contributed by atoms with Gasteiger partial charge < -0.3 is 10.1 Å². The monoisotopic (exact) mass is 329 g/mol. The number of nitrogens with one attached hydrogen (secondary N) is 1. The molecule has 0 aliphatic heterocycles. The average Bonchev–Trinajstić information content (AvgIpc) is 2.44. The van der Waals surface area contributed by atoms with Crippen LogP contribution in [0.25, 0.3) is 0 Å². The standard InChI is InChI=1S/C15H14Cl3NO/c1-2-20-11-5-3-4-10(8-11)19-9-12-13(16)6-7-14(17)15(12)18/h3-8,19H,2,9H2,1H3. The van der Waals surface area contributed by atoms with Crippen LogP contribution >= 0.6 is 34.8 Å². The molecular weight excluding hydrogens is 317 g/mol. The average molecular weight is 331 g/mol. The highest BCUT2D eigenvalue weighted by Gasteiger charge is 2.09. The van der Waals surface area contributed by atoms with E-state index in [0.29, 0.717) is 28.2 Å². The first-order valence-corrected chi connectivity index (χ1v) is 7.34. The topological polar surface area (TPSA) is 21.3 Å². The summed E-state index contributed by atoms with van der Waals surface area (Å²) in [4.78, 5) is 0. The molecular formula is C15H14Cl3NO. The molecule has 0 aromatic heterocycles. The lowest BCUT2D eigenvalue weighted by Crippen LogP contribution is -2.01. The largest absolute Gasteiger partial charge is 0.494 e. The fraction of sp³-hybridized carbons (Fsp3) is 0.200. The first kappa shape index (κ1) is 15.3. The van der Waals surface area contributed by atoms with Gasteiger partial charge >= 0.3 is 0 Å². The van der Waals surface area contributed by atoms with Gasteiger partial charge in [-0.15, -0.1) is 0 Å². The van der Waals surface area contributed by atoms with Crippen LogP contribution in [-0.2, 0) is 6.54 Å². The molecule has 2 nitrogen and oxygen atoms in total. The molecule has 2 aromatic carbocycles. The van der Waals surface area contributed by atoms with Crippen molar-refractivity contribution in [2.75, 3.05) is 11.9 Å². The highest BCUT2D eigenvalue weighted by Crippen LogP contribution is 2.32. The summed E-state index contributed by atoms with van der Waals surface area (Å²) in [5.74, 6) is 0.820. The fourth-order valence-corrected chi connectivity index (χ4v) is 2.47. The molecule has 0 spiro atoms. The number of halogens is 3. The van der Waals surface area contributed by atoms with Gasteiger partial charge in [-0.3, -0.25) is 0 Å². The lowest BCUT2D eigenvalue weighted by Gasteiger charge is -2.12. The van der Waals surface area contributed by atoms with Crippen molar-refractivity contribution < 1.29 is 4.74 Å². The normalized spacial score (nSPS) is 10.4. The Morgan fingerprint density at radius 3 is 2.55 bits per heavy atom. The van der Waals surface area contributed by atoms with E-state index in [1.807, 2.05) is 31.2 Å². The summed E-state index contributed by atoms with van der Waals surface area (Å²) in [7, 11) is 0. The van der Waals surface area contributed by atoms with Crippen molar-refractivity contribution in [1.29, 1.82) is 0 Å². The minimum absolute atomic E-state index is 0.479. The maximum Gasteiger partial charge on any atom is 0.121 e. The van der Waals surface area contributed by atoms with Gasteiger partial charge in [-0.1, -0.05) is 40.9 Å². The van der Waals surface area contributed by atoms with Gasteiger partial charge in [0.2, 0.25) is 0 Å². The van der Waals surface area contributed by atoms with Gasteiger partial charge in [0, 0.05) is 28.9 Å². The van der Waals surface area contributed by atoms with E-state index in [-0.39, 0.29) is 0 Å². The molecule has 0 heterocycles. The zero-order valence-electron chi connectivity index (χ0n) is 10.9. The Balaban J connectivity index is 2.13. The highest BCUT2D eigenvalue weighted by atomic mass is 35.5. The van der Waals surface area contributed by atoms with Crippen molar-refractivity contribution in [3.05, 3.63) is 57.0 Å². The third-order valence-electron chi connectivity index (χ3n) is 2.75. The Morgan fingerprint density at radius 1 is 1.05 bits per heavy atom. The van der Waals surface area contributed by atoms with E-state index in [4.69, 9.17) is 39.5 Å². The summed E-state index contributed by atoms with van der Waals surface area (Å²) >= 11 is 18.3. The highest BCUT2D eigenvalue weighted by molar-refractivity contribution is 6.44. The lowest BCUT2D eigenvalue weighted by atomic mass is 10.2. The molecule has 0 radical (unpaired) electrons. The predicted molar refractivity (Wildman–Crippen MR) is 86.4 cm³/mol. The molecule has 0 fully saturated rings. The molecule has 0 atom stereocenters. The Morgan fingerprint density at radius 2 is 1.80 bits per heavy atom. The SMILES string of the molecule is CCOc1cccc(NCc2c(Cl)ccc(Cl)c2Cl)c1. The quantitative estimate of drug-likeness (QED) is 0.714. The fourth-order valence-electron chi connectivity index (χ4n) is 1.78. The van der Waals surface area contributed by atoms with Crippen LogP contribution in [0.4, 0.5) is 5.69 Å².